The first-order valence-electron chi connectivity index (χ1n) is 6.46. The zero-order chi connectivity index (χ0) is 17.0. The van der Waals surface area contributed by atoms with Gasteiger partial charge in [0, 0.05) is 17.7 Å². The molecule has 0 unspecified atom stereocenters. The van der Waals surface area contributed by atoms with Gasteiger partial charge in [-0.1, -0.05) is 6.07 Å². The topological polar surface area (TPSA) is 125 Å². The Hall–Kier alpha value is -3.42. The normalized spacial score (nSPS) is 9.96. The van der Waals surface area contributed by atoms with Crippen LogP contribution < -0.4 is 15.8 Å². The minimum absolute atomic E-state index is 0.0723. The van der Waals surface area contributed by atoms with Crippen LogP contribution in [0.2, 0.25) is 0 Å². The maximum absolute atomic E-state index is 12.2. The zero-order valence-electron chi connectivity index (χ0n) is 12.1. The Morgan fingerprint density at radius 3 is 2.57 bits per heavy atom. The summed E-state index contributed by atoms with van der Waals surface area (Å²) < 4.78 is 5.00. The average molecular weight is 315 g/mol. The van der Waals surface area contributed by atoms with Crippen molar-refractivity contribution in [1.82, 2.24) is 0 Å². The summed E-state index contributed by atoms with van der Waals surface area (Å²) in [4.78, 5) is 33.8. The second-order valence-corrected chi connectivity index (χ2v) is 4.54. The quantitative estimate of drug-likeness (QED) is 0.644. The standard InChI is InChI=1S/C15H13N3O5/c1-23-11-5-6-13(12(8-11)14(16)19)17-15(20)9-3-2-4-10(7-9)18(21)22/h2-8H,1H3,(H2,16,19)(H,17,20). The molecule has 0 atom stereocenters. The smallest absolute Gasteiger partial charge is 0.270 e. The number of benzene rings is 2. The Balaban J connectivity index is 2.32. The molecule has 8 heteroatoms. The fourth-order valence-corrected chi connectivity index (χ4v) is 1.92. The highest BCUT2D eigenvalue weighted by Crippen LogP contribution is 2.23. The Morgan fingerprint density at radius 2 is 1.96 bits per heavy atom. The highest BCUT2D eigenvalue weighted by molar-refractivity contribution is 6.09. The number of ether oxygens (including phenoxy) is 1. The molecule has 0 aromatic heterocycles. The Morgan fingerprint density at radius 1 is 1.22 bits per heavy atom. The zero-order valence-corrected chi connectivity index (χ0v) is 12.1. The number of carbonyl (C=O) groups excluding carboxylic acids is 2. The van der Waals surface area contributed by atoms with Gasteiger partial charge in [-0.15, -0.1) is 0 Å². The minimum Gasteiger partial charge on any atom is -0.497 e. The van der Waals surface area contributed by atoms with E-state index >= 15 is 0 Å². The Bertz CT molecular complexity index is 788. The van der Waals surface area contributed by atoms with Gasteiger partial charge in [0.25, 0.3) is 17.5 Å². The number of nitrogens with one attached hydrogen (secondary N) is 1. The van der Waals surface area contributed by atoms with E-state index in [0.29, 0.717) is 5.75 Å². The predicted octanol–water partition coefficient (Wildman–Crippen LogP) is 1.95. The van der Waals surface area contributed by atoms with Crippen molar-refractivity contribution in [2.75, 3.05) is 12.4 Å². The van der Waals surface area contributed by atoms with Gasteiger partial charge in [-0.2, -0.15) is 0 Å². The molecule has 2 aromatic carbocycles. The first kappa shape index (κ1) is 16.0. The van der Waals surface area contributed by atoms with Crippen LogP contribution in [0.4, 0.5) is 11.4 Å². The van der Waals surface area contributed by atoms with E-state index in [1.54, 1.807) is 6.07 Å². The molecule has 118 valence electrons. The number of methoxy groups -OCH3 is 1. The number of nitro benzene ring substituents is 1. The van der Waals surface area contributed by atoms with E-state index in [4.69, 9.17) is 10.5 Å². The third-order valence-electron chi connectivity index (χ3n) is 3.06. The molecule has 0 aliphatic rings. The summed E-state index contributed by atoms with van der Waals surface area (Å²) >= 11 is 0. The number of nitro groups is 1. The maximum atomic E-state index is 12.2. The molecular formula is C15H13N3O5. The van der Waals surface area contributed by atoms with E-state index in [9.17, 15) is 19.7 Å². The van der Waals surface area contributed by atoms with Crippen molar-refractivity contribution >= 4 is 23.2 Å². The number of carbonyl (C=O) groups is 2. The Labute approximate surface area is 131 Å². The molecule has 0 aliphatic carbocycles. The van der Waals surface area contributed by atoms with E-state index < -0.39 is 16.7 Å². The van der Waals surface area contributed by atoms with Gasteiger partial charge >= 0.3 is 0 Å². The molecule has 0 saturated carbocycles. The third-order valence-corrected chi connectivity index (χ3v) is 3.06. The van der Waals surface area contributed by atoms with E-state index in [0.717, 1.165) is 6.07 Å². The number of anilines is 1. The van der Waals surface area contributed by atoms with Crippen molar-refractivity contribution in [3.05, 3.63) is 63.7 Å². The van der Waals surface area contributed by atoms with Crippen LogP contribution in [0.1, 0.15) is 20.7 Å². The molecule has 3 N–H and O–H groups in total. The number of hydrogen-bond donors (Lipinski definition) is 2. The molecule has 0 bridgehead atoms. The van der Waals surface area contributed by atoms with Crippen LogP contribution in [0.15, 0.2) is 42.5 Å². The molecule has 0 spiro atoms. The van der Waals surface area contributed by atoms with E-state index in [1.165, 1.54) is 37.4 Å². The van der Waals surface area contributed by atoms with Gasteiger partial charge in [-0.25, -0.2) is 0 Å². The van der Waals surface area contributed by atoms with Crippen LogP contribution in [0, 0.1) is 10.1 Å². The number of non-ortho nitro benzene ring substituents is 1. The molecule has 0 aliphatic heterocycles. The van der Waals surface area contributed by atoms with Crippen LogP contribution >= 0.6 is 0 Å². The van der Waals surface area contributed by atoms with Crippen molar-refractivity contribution in [1.29, 1.82) is 0 Å². The van der Waals surface area contributed by atoms with E-state index in [-0.39, 0.29) is 22.5 Å². The van der Waals surface area contributed by atoms with Gasteiger partial charge in [0.1, 0.15) is 5.75 Å². The van der Waals surface area contributed by atoms with E-state index in [2.05, 4.69) is 5.32 Å². The third kappa shape index (κ3) is 3.62. The molecule has 8 nitrogen and oxygen atoms in total. The second-order valence-electron chi connectivity index (χ2n) is 4.54. The highest BCUT2D eigenvalue weighted by atomic mass is 16.6. The van der Waals surface area contributed by atoms with Gasteiger partial charge in [-0.3, -0.25) is 19.7 Å². The lowest BCUT2D eigenvalue weighted by atomic mass is 10.1. The van der Waals surface area contributed by atoms with Gasteiger partial charge in [0.05, 0.1) is 23.3 Å². The number of nitrogens with zero attached hydrogens (tertiary/aromatic N) is 1. The Kier molecular flexibility index (Phi) is 4.55. The van der Waals surface area contributed by atoms with Crippen molar-refractivity contribution in [3.8, 4) is 5.75 Å². The summed E-state index contributed by atoms with van der Waals surface area (Å²) in [7, 11) is 1.43. The molecular weight excluding hydrogens is 302 g/mol. The molecule has 0 saturated heterocycles. The summed E-state index contributed by atoms with van der Waals surface area (Å²) in [5.41, 5.74) is 5.43. The summed E-state index contributed by atoms with van der Waals surface area (Å²) in [5, 5.41) is 13.3. The fourth-order valence-electron chi connectivity index (χ4n) is 1.92. The number of primary amides is 1. The van der Waals surface area contributed by atoms with Crippen LogP contribution in [-0.4, -0.2) is 23.8 Å². The van der Waals surface area contributed by atoms with Crippen LogP contribution in [0.25, 0.3) is 0 Å². The van der Waals surface area contributed by atoms with Crippen molar-refractivity contribution in [2.45, 2.75) is 0 Å². The second kappa shape index (κ2) is 6.56. The van der Waals surface area contributed by atoms with Gasteiger partial charge < -0.3 is 15.8 Å². The number of hydrogen-bond acceptors (Lipinski definition) is 5. The summed E-state index contributed by atoms with van der Waals surface area (Å²) in [6.45, 7) is 0. The van der Waals surface area contributed by atoms with Crippen LogP contribution in [0.5, 0.6) is 5.75 Å². The highest BCUT2D eigenvalue weighted by Gasteiger charge is 2.15. The van der Waals surface area contributed by atoms with Crippen LogP contribution in [0.3, 0.4) is 0 Å². The first-order valence-corrected chi connectivity index (χ1v) is 6.46. The number of amides is 2. The molecule has 0 radical (unpaired) electrons. The van der Waals surface area contributed by atoms with Crippen molar-refractivity contribution < 1.29 is 19.2 Å². The SMILES string of the molecule is COc1ccc(NC(=O)c2cccc([N+](=O)[O-])c2)c(C(N)=O)c1. The lowest BCUT2D eigenvalue weighted by Crippen LogP contribution is -2.18. The molecule has 23 heavy (non-hydrogen) atoms. The minimum atomic E-state index is -0.738. The molecule has 2 aromatic rings. The van der Waals surface area contributed by atoms with Gasteiger partial charge in [-0.05, 0) is 24.3 Å². The molecule has 2 rings (SSSR count). The van der Waals surface area contributed by atoms with Crippen LogP contribution in [-0.2, 0) is 0 Å². The summed E-state index contributed by atoms with van der Waals surface area (Å²) in [6, 6.07) is 9.66. The number of nitrogens with two attached hydrogens (primary N) is 1. The van der Waals surface area contributed by atoms with Gasteiger partial charge in [0.15, 0.2) is 0 Å². The van der Waals surface area contributed by atoms with E-state index in [1.807, 2.05) is 0 Å². The number of rotatable bonds is 5. The predicted molar refractivity (Wildman–Crippen MR) is 82.6 cm³/mol. The summed E-state index contributed by atoms with van der Waals surface area (Å²) in [6.07, 6.45) is 0. The largest absolute Gasteiger partial charge is 0.497 e. The monoisotopic (exact) mass is 315 g/mol. The van der Waals surface area contributed by atoms with Crippen molar-refractivity contribution in [3.63, 3.8) is 0 Å². The van der Waals surface area contributed by atoms with Crippen molar-refractivity contribution in [2.24, 2.45) is 5.73 Å². The maximum Gasteiger partial charge on any atom is 0.270 e. The summed E-state index contributed by atoms with van der Waals surface area (Å²) in [5.74, 6) is -0.924. The first-order chi connectivity index (χ1) is 10.9. The molecule has 0 heterocycles. The molecule has 2 amide bonds. The lowest BCUT2D eigenvalue weighted by molar-refractivity contribution is -0.384. The average Bonchev–Trinajstić information content (AvgIpc) is 2.55. The molecule has 0 fully saturated rings. The fraction of sp³-hybridized carbons (Fsp3) is 0.0667. The lowest BCUT2D eigenvalue weighted by Gasteiger charge is -2.10. The van der Waals surface area contributed by atoms with Gasteiger partial charge in [0.2, 0.25) is 0 Å².